The number of anilines is 2. The molecule has 4 rings (SSSR count). The van der Waals surface area contributed by atoms with Crippen LogP contribution in [0, 0.1) is 17.7 Å². The standard InChI is InChI=1S/C26H34FN5O2S/c1-3-32(4-2)25-23-7-5-6-8-24(23)30-26(31-25)28-17-19-9-11-20(12-10-19)18-29-35(33,34)22-15-13-21(27)14-16-22/h5-8,13-16,19-20,29H,3-4,9-12,17-18H2,1-2H3,(H,28,30,31). The highest BCUT2D eigenvalue weighted by Gasteiger charge is 2.24. The van der Waals surface area contributed by atoms with E-state index in [1.54, 1.807) is 0 Å². The summed E-state index contributed by atoms with van der Waals surface area (Å²) >= 11 is 0. The van der Waals surface area contributed by atoms with Gasteiger partial charge in [0.25, 0.3) is 0 Å². The van der Waals surface area contributed by atoms with Gasteiger partial charge in [0.15, 0.2) is 0 Å². The molecule has 1 aromatic heterocycles. The molecule has 1 aliphatic carbocycles. The molecule has 0 saturated heterocycles. The Morgan fingerprint density at radius 2 is 1.54 bits per heavy atom. The van der Waals surface area contributed by atoms with Gasteiger partial charge in [-0.3, -0.25) is 0 Å². The molecule has 1 saturated carbocycles. The van der Waals surface area contributed by atoms with Crippen molar-refractivity contribution in [1.29, 1.82) is 0 Å². The number of aromatic nitrogens is 2. The third-order valence-electron chi connectivity index (χ3n) is 6.85. The van der Waals surface area contributed by atoms with Crippen LogP contribution in [-0.2, 0) is 10.0 Å². The maximum Gasteiger partial charge on any atom is 0.240 e. The molecule has 9 heteroatoms. The van der Waals surface area contributed by atoms with Gasteiger partial charge in [-0.05, 0) is 87.8 Å². The Morgan fingerprint density at radius 1 is 0.914 bits per heavy atom. The average molecular weight is 500 g/mol. The van der Waals surface area contributed by atoms with Crippen molar-refractivity contribution in [3.8, 4) is 0 Å². The van der Waals surface area contributed by atoms with Gasteiger partial charge in [-0.2, -0.15) is 4.98 Å². The van der Waals surface area contributed by atoms with Gasteiger partial charge in [0.1, 0.15) is 11.6 Å². The summed E-state index contributed by atoms with van der Waals surface area (Å²) in [5.74, 6) is 1.95. The van der Waals surface area contributed by atoms with Gasteiger partial charge in [-0.25, -0.2) is 22.5 Å². The van der Waals surface area contributed by atoms with Crippen molar-refractivity contribution in [3.05, 3.63) is 54.3 Å². The number of hydrogen-bond acceptors (Lipinski definition) is 6. The van der Waals surface area contributed by atoms with Crippen LogP contribution in [0.1, 0.15) is 39.5 Å². The predicted molar refractivity (Wildman–Crippen MR) is 139 cm³/mol. The Kier molecular flexibility index (Phi) is 8.18. The van der Waals surface area contributed by atoms with E-state index in [0.717, 1.165) is 74.2 Å². The molecule has 188 valence electrons. The number of nitrogens with one attached hydrogen (secondary N) is 2. The van der Waals surface area contributed by atoms with Crippen molar-refractivity contribution < 1.29 is 12.8 Å². The van der Waals surface area contributed by atoms with E-state index >= 15 is 0 Å². The fourth-order valence-corrected chi connectivity index (χ4v) is 5.82. The van der Waals surface area contributed by atoms with E-state index in [0.29, 0.717) is 24.3 Å². The number of fused-ring (bicyclic) bond motifs is 1. The monoisotopic (exact) mass is 499 g/mol. The molecule has 1 fully saturated rings. The highest BCUT2D eigenvalue weighted by molar-refractivity contribution is 7.89. The van der Waals surface area contributed by atoms with Crippen LogP contribution in [-0.4, -0.2) is 44.6 Å². The van der Waals surface area contributed by atoms with Gasteiger partial charge in [0.2, 0.25) is 16.0 Å². The normalized spacial score (nSPS) is 18.5. The van der Waals surface area contributed by atoms with Crippen molar-refractivity contribution in [2.75, 3.05) is 36.4 Å². The SMILES string of the molecule is CCN(CC)c1nc(NCC2CCC(CNS(=O)(=O)c3ccc(F)cc3)CC2)nc2ccccc12. The van der Waals surface area contributed by atoms with Crippen LogP contribution < -0.4 is 14.9 Å². The van der Waals surface area contributed by atoms with Crippen LogP contribution in [0.3, 0.4) is 0 Å². The lowest BCUT2D eigenvalue weighted by Gasteiger charge is -2.29. The van der Waals surface area contributed by atoms with Gasteiger partial charge in [0.05, 0.1) is 10.4 Å². The summed E-state index contributed by atoms with van der Waals surface area (Å²) < 4.78 is 40.7. The fraction of sp³-hybridized carbons (Fsp3) is 0.462. The molecule has 0 amide bonds. The highest BCUT2D eigenvalue weighted by atomic mass is 32.2. The second-order valence-electron chi connectivity index (χ2n) is 9.13. The van der Waals surface area contributed by atoms with Crippen LogP contribution in [0.15, 0.2) is 53.4 Å². The molecule has 2 aromatic carbocycles. The number of para-hydroxylation sites is 1. The van der Waals surface area contributed by atoms with Gasteiger partial charge in [0, 0.05) is 31.6 Å². The first kappa shape index (κ1) is 25.3. The van der Waals surface area contributed by atoms with Gasteiger partial charge in [-0.1, -0.05) is 12.1 Å². The number of hydrogen-bond donors (Lipinski definition) is 2. The van der Waals surface area contributed by atoms with Crippen LogP contribution in [0.25, 0.3) is 10.9 Å². The number of nitrogens with zero attached hydrogens (tertiary/aromatic N) is 3. The molecule has 0 bridgehead atoms. The molecule has 1 aliphatic rings. The summed E-state index contributed by atoms with van der Waals surface area (Å²) in [5, 5.41) is 4.52. The minimum absolute atomic E-state index is 0.0938. The quantitative estimate of drug-likeness (QED) is 0.416. The topological polar surface area (TPSA) is 87.2 Å². The highest BCUT2D eigenvalue weighted by Crippen LogP contribution is 2.30. The largest absolute Gasteiger partial charge is 0.356 e. The van der Waals surface area contributed by atoms with Crippen molar-refractivity contribution in [2.45, 2.75) is 44.4 Å². The Morgan fingerprint density at radius 3 is 2.20 bits per heavy atom. The first-order chi connectivity index (χ1) is 16.9. The van der Waals surface area contributed by atoms with E-state index in [-0.39, 0.29) is 4.90 Å². The molecule has 0 radical (unpaired) electrons. The van der Waals surface area contributed by atoms with Crippen LogP contribution >= 0.6 is 0 Å². The molecular formula is C26H34FN5O2S. The van der Waals surface area contributed by atoms with Gasteiger partial charge < -0.3 is 10.2 Å². The van der Waals surface area contributed by atoms with Crippen molar-refractivity contribution >= 4 is 32.7 Å². The predicted octanol–water partition coefficient (Wildman–Crippen LogP) is 4.81. The van der Waals surface area contributed by atoms with Gasteiger partial charge in [-0.15, -0.1) is 0 Å². The Hall–Kier alpha value is -2.78. The third-order valence-corrected chi connectivity index (χ3v) is 8.29. The molecule has 3 aromatic rings. The minimum atomic E-state index is -3.62. The van der Waals surface area contributed by atoms with Gasteiger partial charge >= 0.3 is 0 Å². The molecule has 0 spiro atoms. The van der Waals surface area contributed by atoms with E-state index in [9.17, 15) is 12.8 Å². The zero-order valence-corrected chi connectivity index (χ0v) is 21.2. The number of rotatable bonds is 10. The Bertz CT molecular complexity index is 1220. The average Bonchev–Trinajstić information content (AvgIpc) is 2.88. The van der Waals surface area contributed by atoms with Crippen LogP contribution in [0.5, 0.6) is 0 Å². The summed E-state index contributed by atoms with van der Waals surface area (Å²) in [6.07, 6.45) is 3.96. The summed E-state index contributed by atoms with van der Waals surface area (Å²) in [4.78, 5) is 11.9. The van der Waals surface area contributed by atoms with Crippen molar-refractivity contribution in [1.82, 2.24) is 14.7 Å². The lowest BCUT2D eigenvalue weighted by Crippen LogP contribution is -2.32. The second kappa shape index (κ2) is 11.3. The van der Waals surface area contributed by atoms with Crippen molar-refractivity contribution in [2.24, 2.45) is 11.8 Å². The third kappa shape index (κ3) is 6.27. The smallest absolute Gasteiger partial charge is 0.240 e. The zero-order valence-electron chi connectivity index (χ0n) is 20.4. The molecule has 0 atom stereocenters. The van der Waals surface area contributed by atoms with Crippen LogP contribution in [0.2, 0.25) is 0 Å². The van der Waals surface area contributed by atoms with E-state index in [1.807, 2.05) is 18.2 Å². The number of sulfonamides is 1. The van der Waals surface area contributed by atoms with E-state index in [2.05, 4.69) is 34.9 Å². The molecular weight excluding hydrogens is 465 g/mol. The molecule has 35 heavy (non-hydrogen) atoms. The lowest BCUT2D eigenvalue weighted by molar-refractivity contribution is 0.284. The summed E-state index contributed by atoms with van der Waals surface area (Å²) in [6.45, 7) is 7.22. The lowest BCUT2D eigenvalue weighted by atomic mass is 9.82. The van der Waals surface area contributed by atoms with E-state index in [4.69, 9.17) is 9.97 Å². The first-order valence-electron chi connectivity index (χ1n) is 12.4. The summed E-state index contributed by atoms with van der Waals surface area (Å²) in [6, 6.07) is 13.0. The molecule has 7 nitrogen and oxygen atoms in total. The zero-order chi connectivity index (χ0) is 24.8. The minimum Gasteiger partial charge on any atom is -0.356 e. The van der Waals surface area contributed by atoms with Crippen LogP contribution in [0.4, 0.5) is 16.2 Å². The van der Waals surface area contributed by atoms with Crippen molar-refractivity contribution in [3.63, 3.8) is 0 Å². The molecule has 0 aliphatic heterocycles. The van der Waals surface area contributed by atoms with E-state index < -0.39 is 15.8 Å². The number of halogens is 1. The molecule has 0 unspecified atom stereocenters. The second-order valence-corrected chi connectivity index (χ2v) is 10.9. The van der Waals surface area contributed by atoms with E-state index in [1.165, 1.54) is 12.1 Å². The maximum absolute atomic E-state index is 13.1. The summed E-state index contributed by atoms with van der Waals surface area (Å²) in [5.41, 5.74) is 0.934. The number of benzene rings is 2. The fourth-order valence-electron chi connectivity index (χ4n) is 4.70. The summed E-state index contributed by atoms with van der Waals surface area (Å²) in [7, 11) is -3.62. The Balaban J connectivity index is 1.30. The molecule has 2 N–H and O–H groups in total. The molecule has 1 heterocycles. The first-order valence-corrected chi connectivity index (χ1v) is 13.9. The maximum atomic E-state index is 13.1. The Labute approximate surface area is 207 Å².